The van der Waals surface area contributed by atoms with Crippen molar-refractivity contribution >= 4 is 28.9 Å². The highest BCUT2D eigenvalue weighted by molar-refractivity contribution is 6.32. The number of methoxy groups -OCH3 is 1. The van der Waals surface area contributed by atoms with E-state index in [0.717, 1.165) is 25.1 Å². The maximum absolute atomic E-state index is 14.0. The number of ether oxygens (including phenoxy) is 4. The molecule has 6 rings (SSSR count). The van der Waals surface area contributed by atoms with Gasteiger partial charge in [-0.15, -0.1) is 0 Å². The lowest BCUT2D eigenvalue weighted by molar-refractivity contribution is -0.266. The number of anilines is 1. The molecule has 0 radical (unpaired) electrons. The third-order valence-electron chi connectivity index (χ3n) is 9.84. The lowest BCUT2D eigenvalue weighted by Gasteiger charge is -2.47. The van der Waals surface area contributed by atoms with E-state index in [1.54, 1.807) is 12.2 Å². The van der Waals surface area contributed by atoms with E-state index in [1.165, 1.54) is 7.11 Å². The predicted molar refractivity (Wildman–Crippen MR) is 163 cm³/mol. The fourth-order valence-corrected chi connectivity index (χ4v) is 7.20. The molecule has 1 unspecified atom stereocenters. The summed E-state index contributed by atoms with van der Waals surface area (Å²) in [5.41, 5.74) is -5.91. The van der Waals surface area contributed by atoms with Gasteiger partial charge in [-0.25, -0.2) is 0 Å². The van der Waals surface area contributed by atoms with Crippen molar-refractivity contribution in [1.29, 1.82) is 0 Å². The number of phenolic OH excluding ortho intramolecular Hbond substituents is 2. The first-order chi connectivity index (χ1) is 23.5. The Bertz CT molecular complexity index is 1770. The number of fused-ring (bicyclic) bond motifs is 3. The summed E-state index contributed by atoms with van der Waals surface area (Å²) in [6, 6.07) is 2.66. The molecule has 2 aromatic rings. The Kier molecular flexibility index (Phi) is 9.30. The number of benzene rings is 2. The van der Waals surface area contributed by atoms with Crippen LogP contribution in [0.2, 0.25) is 0 Å². The topological polar surface area (TPSA) is 201 Å². The van der Waals surface area contributed by atoms with Gasteiger partial charge in [0.1, 0.15) is 17.1 Å². The molecule has 2 saturated heterocycles. The van der Waals surface area contributed by atoms with E-state index >= 15 is 0 Å². The molecular formula is C33H35F3N2O12. The largest absolute Gasteiger partial charge is 0.507 e. The van der Waals surface area contributed by atoms with Gasteiger partial charge in [0.2, 0.25) is 0 Å². The maximum atomic E-state index is 14.0. The second-order valence-electron chi connectivity index (χ2n) is 12.9. The van der Waals surface area contributed by atoms with E-state index in [9.17, 15) is 52.8 Å². The van der Waals surface area contributed by atoms with Crippen molar-refractivity contribution in [2.45, 2.75) is 81.8 Å². The molecule has 14 nitrogen and oxygen atoms in total. The molecule has 4 aliphatic rings. The van der Waals surface area contributed by atoms with Crippen molar-refractivity contribution in [2.24, 2.45) is 0 Å². The van der Waals surface area contributed by atoms with Crippen LogP contribution in [0.15, 0.2) is 18.2 Å². The van der Waals surface area contributed by atoms with E-state index in [2.05, 4.69) is 0 Å². The van der Waals surface area contributed by atoms with Crippen LogP contribution in [0, 0.1) is 0 Å². The number of Topliss-reactive ketones (excluding diaryl/α,β-unsaturated/α-hetero) is 1. The summed E-state index contributed by atoms with van der Waals surface area (Å²) in [5, 5.41) is 47.3. The fourth-order valence-electron chi connectivity index (χ4n) is 7.20. The number of hydrogen-bond donors (Lipinski definition) is 5. The molecule has 1 amide bonds. The van der Waals surface area contributed by atoms with Crippen molar-refractivity contribution in [3.63, 3.8) is 0 Å². The van der Waals surface area contributed by atoms with Crippen LogP contribution >= 0.6 is 0 Å². The van der Waals surface area contributed by atoms with Crippen LogP contribution in [0.5, 0.6) is 11.5 Å². The van der Waals surface area contributed by atoms with Gasteiger partial charge in [0.25, 0.3) is 0 Å². The highest BCUT2D eigenvalue weighted by atomic mass is 19.4. The van der Waals surface area contributed by atoms with E-state index in [-0.39, 0.29) is 17.5 Å². The number of rotatable bonds is 6. The molecule has 0 spiro atoms. The Balaban J connectivity index is 1.42. The number of ketones is 3. The molecule has 7 atom stereocenters. The van der Waals surface area contributed by atoms with Crippen LogP contribution in [0.3, 0.4) is 0 Å². The van der Waals surface area contributed by atoms with Crippen LogP contribution in [0.1, 0.15) is 75.8 Å². The van der Waals surface area contributed by atoms with Gasteiger partial charge in [0.15, 0.2) is 29.9 Å². The molecule has 2 aliphatic carbocycles. The van der Waals surface area contributed by atoms with E-state index in [4.69, 9.17) is 18.9 Å². The Hall–Kier alpha value is -3.97. The number of aromatic hydroxyl groups is 2. The third-order valence-corrected chi connectivity index (χ3v) is 9.84. The number of nitrogens with one attached hydrogen (secondary N) is 1. The van der Waals surface area contributed by atoms with E-state index < -0.39 is 124 Å². The number of carbonyl (C=O) groups is 4. The molecule has 0 aromatic heterocycles. The Morgan fingerprint density at radius 1 is 1.08 bits per heavy atom. The lowest BCUT2D eigenvalue weighted by atomic mass is 9.72. The molecule has 5 N–H and O–H groups in total. The highest BCUT2D eigenvalue weighted by Crippen LogP contribution is 2.52. The second kappa shape index (κ2) is 13.0. The van der Waals surface area contributed by atoms with Crippen molar-refractivity contribution in [3.8, 4) is 11.5 Å². The number of morpholine rings is 1. The number of amides is 1. The zero-order valence-corrected chi connectivity index (χ0v) is 27.1. The van der Waals surface area contributed by atoms with E-state index in [0.29, 0.717) is 19.7 Å². The number of aliphatic hydroxyl groups excluding tert-OH is 1. The highest BCUT2D eigenvalue weighted by Gasteiger charge is 2.50. The molecule has 0 bridgehead atoms. The molecule has 50 heavy (non-hydrogen) atoms. The zero-order chi connectivity index (χ0) is 36.4. The number of alkyl halides is 3. The van der Waals surface area contributed by atoms with Crippen LogP contribution in [-0.4, -0.2) is 118 Å². The average molecular weight is 709 g/mol. The van der Waals surface area contributed by atoms with Gasteiger partial charge in [-0.05, 0) is 19.9 Å². The maximum Gasteiger partial charge on any atom is 0.471 e. The van der Waals surface area contributed by atoms with Gasteiger partial charge in [0, 0.05) is 62.2 Å². The number of hydrogen-bond acceptors (Lipinski definition) is 13. The van der Waals surface area contributed by atoms with Gasteiger partial charge in [-0.3, -0.25) is 24.1 Å². The van der Waals surface area contributed by atoms with Crippen molar-refractivity contribution in [2.75, 3.05) is 32.1 Å². The van der Waals surface area contributed by atoms with Gasteiger partial charge in [-0.1, -0.05) is 12.1 Å². The zero-order valence-electron chi connectivity index (χ0n) is 27.1. The smallest absolute Gasteiger partial charge is 0.471 e. The van der Waals surface area contributed by atoms with Crippen LogP contribution < -0.4 is 5.32 Å². The normalized spacial score (nSPS) is 29.9. The number of phenols is 2. The van der Waals surface area contributed by atoms with Gasteiger partial charge in [-0.2, -0.15) is 13.2 Å². The summed E-state index contributed by atoms with van der Waals surface area (Å²) < 4.78 is 62.4. The minimum atomic E-state index is -5.33. The third kappa shape index (κ3) is 6.06. The standard InChI is InChI=1S/C33H35F3N2O12/c1-13-26(40)18(38-7-8-48-21(12-38)47-3)9-20(49-13)50-19-11-32(46,14(2)39)10-16-23(19)30(44)25-24(28(16)42)27(41)15-5-4-6-17(22(15)29(25)43)37-31(45)33(34,35)36/h4-6,13,18-21,26,40,42,44,46H,7-12H2,1-3H3,(H,37,45)/t13-,18-,19-,20?,21-,26+,32-/m0/s1. The molecule has 2 heterocycles. The Morgan fingerprint density at radius 2 is 1.78 bits per heavy atom. The van der Waals surface area contributed by atoms with Crippen LogP contribution in [-0.2, 0) is 35.0 Å². The minimum absolute atomic E-state index is 0.0526. The summed E-state index contributed by atoms with van der Waals surface area (Å²) >= 11 is 0. The van der Waals surface area contributed by atoms with Gasteiger partial charge < -0.3 is 44.7 Å². The Morgan fingerprint density at radius 3 is 2.44 bits per heavy atom. The fraction of sp³-hybridized carbons (Fsp3) is 0.515. The van der Waals surface area contributed by atoms with Crippen molar-refractivity contribution in [1.82, 2.24) is 4.90 Å². The summed E-state index contributed by atoms with van der Waals surface area (Å²) in [7, 11) is 1.48. The number of halogens is 3. The number of carbonyl (C=O) groups excluding carboxylic acids is 4. The van der Waals surface area contributed by atoms with Crippen LogP contribution in [0.4, 0.5) is 18.9 Å². The molecule has 2 aromatic carbocycles. The summed E-state index contributed by atoms with van der Waals surface area (Å²) in [4.78, 5) is 54.2. The first-order valence-corrected chi connectivity index (χ1v) is 15.8. The monoisotopic (exact) mass is 708 g/mol. The SMILES string of the molecule is CO[C@@H]1CN([C@H]2CC(O[C@H]3C[C@](O)(C(C)=O)Cc4c(O)c5c(c(O)c43)C(=O)c3c(NC(=O)C(F)(F)F)cccc3C5=O)O[C@@H](C)[C@H]2O)CCO1. The van der Waals surface area contributed by atoms with Gasteiger partial charge in [0.05, 0.1) is 47.3 Å². The Labute approximate surface area is 282 Å². The molecule has 0 saturated carbocycles. The van der Waals surface area contributed by atoms with Crippen molar-refractivity contribution in [3.05, 3.63) is 51.6 Å². The summed E-state index contributed by atoms with van der Waals surface area (Å²) in [6.07, 6.45) is -11.2. The van der Waals surface area contributed by atoms with Crippen molar-refractivity contribution < 1.29 is 71.7 Å². The van der Waals surface area contributed by atoms with Crippen LogP contribution in [0.25, 0.3) is 0 Å². The quantitative estimate of drug-likeness (QED) is 0.233. The predicted octanol–water partition coefficient (Wildman–Crippen LogP) is 1.87. The average Bonchev–Trinajstić information content (AvgIpc) is 3.06. The minimum Gasteiger partial charge on any atom is -0.507 e. The lowest BCUT2D eigenvalue weighted by Crippen LogP contribution is -2.59. The number of nitrogens with zero attached hydrogens (tertiary/aromatic N) is 1. The first-order valence-electron chi connectivity index (χ1n) is 15.8. The summed E-state index contributed by atoms with van der Waals surface area (Å²) in [5.74, 6) is -7.10. The molecule has 2 aliphatic heterocycles. The first kappa shape index (κ1) is 35.8. The molecular weight excluding hydrogens is 673 g/mol. The molecule has 17 heteroatoms. The summed E-state index contributed by atoms with van der Waals surface area (Å²) in [6.45, 7) is 3.80. The van der Waals surface area contributed by atoms with E-state index in [1.807, 2.05) is 4.90 Å². The molecule has 270 valence electrons. The number of aliphatic hydroxyl groups is 2. The molecule has 2 fully saturated rings. The second-order valence-corrected chi connectivity index (χ2v) is 12.9. The van der Waals surface area contributed by atoms with Gasteiger partial charge >= 0.3 is 12.1 Å².